The van der Waals surface area contributed by atoms with Crippen LogP contribution in [-0.4, -0.2) is 18.3 Å². The molecule has 0 bridgehead atoms. The van der Waals surface area contributed by atoms with E-state index in [0.29, 0.717) is 16.7 Å². The molecule has 0 aliphatic rings. The maximum atomic E-state index is 12.5. The van der Waals surface area contributed by atoms with Crippen molar-refractivity contribution in [3.8, 4) is 0 Å². The van der Waals surface area contributed by atoms with Gasteiger partial charge in [0.15, 0.2) is 0 Å². The SMILES string of the molecule is CC(C)(CO)CNc1ccc(C(F)(F)F)cc1Br. The maximum Gasteiger partial charge on any atom is 0.416 e. The molecule has 0 aliphatic carbocycles. The summed E-state index contributed by atoms with van der Waals surface area (Å²) in [6, 6.07) is 3.44. The van der Waals surface area contributed by atoms with E-state index < -0.39 is 11.7 Å². The van der Waals surface area contributed by atoms with Crippen LogP contribution in [0.15, 0.2) is 22.7 Å². The molecule has 0 radical (unpaired) electrons. The van der Waals surface area contributed by atoms with Gasteiger partial charge < -0.3 is 10.4 Å². The Morgan fingerprint density at radius 1 is 1.28 bits per heavy atom. The van der Waals surface area contributed by atoms with Crippen LogP contribution in [0.5, 0.6) is 0 Å². The lowest BCUT2D eigenvalue weighted by Gasteiger charge is -2.23. The van der Waals surface area contributed by atoms with Gasteiger partial charge in [0.05, 0.1) is 5.56 Å². The van der Waals surface area contributed by atoms with Gasteiger partial charge in [-0.25, -0.2) is 0 Å². The van der Waals surface area contributed by atoms with Gasteiger partial charge in [-0.15, -0.1) is 0 Å². The zero-order chi connectivity index (χ0) is 14.0. The molecule has 0 heterocycles. The predicted octanol–water partition coefficient (Wildman–Crippen LogP) is 3.90. The van der Waals surface area contributed by atoms with Crippen molar-refractivity contribution in [1.82, 2.24) is 0 Å². The molecule has 0 saturated heterocycles. The highest BCUT2D eigenvalue weighted by atomic mass is 79.9. The molecule has 0 spiro atoms. The van der Waals surface area contributed by atoms with Gasteiger partial charge in [-0.2, -0.15) is 13.2 Å². The van der Waals surface area contributed by atoms with Crippen molar-refractivity contribution < 1.29 is 18.3 Å². The summed E-state index contributed by atoms with van der Waals surface area (Å²) in [7, 11) is 0. The third kappa shape index (κ3) is 4.17. The number of hydrogen-bond donors (Lipinski definition) is 2. The van der Waals surface area contributed by atoms with Crippen LogP contribution in [0.2, 0.25) is 0 Å². The number of nitrogens with one attached hydrogen (secondary N) is 1. The van der Waals surface area contributed by atoms with E-state index in [4.69, 9.17) is 5.11 Å². The summed E-state index contributed by atoms with van der Waals surface area (Å²) >= 11 is 3.10. The largest absolute Gasteiger partial charge is 0.416 e. The van der Waals surface area contributed by atoms with E-state index in [9.17, 15) is 13.2 Å². The van der Waals surface area contributed by atoms with Gasteiger partial charge in [-0.05, 0) is 34.1 Å². The summed E-state index contributed by atoms with van der Waals surface area (Å²) in [5.41, 5.74) is -0.451. The van der Waals surface area contributed by atoms with Crippen LogP contribution in [0.1, 0.15) is 19.4 Å². The van der Waals surface area contributed by atoms with E-state index in [1.165, 1.54) is 6.07 Å². The van der Waals surface area contributed by atoms with Crippen molar-refractivity contribution in [2.45, 2.75) is 20.0 Å². The topological polar surface area (TPSA) is 32.3 Å². The molecule has 102 valence electrons. The number of aliphatic hydroxyl groups excluding tert-OH is 1. The number of anilines is 1. The molecule has 2 nitrogen and oxygen atoms in total. The summed E-state index contributed by atoms with van der Waals surface area (Å²) in [5, 5.41) is 12.1. The summed E-state index contributed by atoms with van der Waals surface area (Å²) in [5.74, 6) is 0. The van der Waals surface area contributed by atoms with Gasteiger partial charge in [0, 0.05) is 28.7 Å². The molecule has 0 amide bonds. The Morgan fingerprint density at radius 2 is 1.89 bits per heavy atom. The van der Waals surface area contributed by atoms with E-state index in [0.717, 1.165) is 12.1 Å². The van der Waals surface area contributed by atoms with E-state index in [-0.39, 0.29) is 12.0 Å². The monoisotopic (exact) mass is 325 g/mol. The normalized spacial score (nSPS) is 12.6. The Morgan fingerprint density at radius 3 is 2.33 bits per heavy atom. The van der Waals surface area contributed by atoms with Crippen LogP contribution in [0.3, 0.4) is 0 Å². The Hall–Kier alpha value is -0.750. The number of benzene rings is 1. The number of aliphatic hydroxyl groups is 1. The van der Waals surface area contributed by atoms with E-state index in [1.54, 1.807) is 0 Å². The molecule has 2 N–H and O–H groups in total. The molecule has 1 aromatic carbocycles. The number of alkyl halides is 3. The molecule has 1 rings (SSSR count). The maximum absolute atomic E-state index is 12.5. The van der Waals surface area contributed by atoms with Crippen molar-refractivity contribution in [1.29, 1.82) is 0 Å². The number of halogens is 4. The second kappa shape index (κ2) is 5.48. The zero-order valence-electron chi connectivity index (χ0n) is 10.1. The van der Waals surface area contributed by atoms with Crippen LogP contribution in [-0.2, 0) is 6.18 Å². The smallest absolute Gasteiger partial charge is 0.396 e. The van der Waals surface area contributed by atoms with Crippen LogP contribution in [0.4, 0.5) is 18.9 Å². The fourth-order valence-corrected chi connectivity index (χ4v) is 1.74. The Kier molecular flexibility index (Phi) is 4.66. The van der Waals surface area contributed by atoms with Crippen LogP contribution in [0, 0.1) is 5.41 Å². The van der Waals surface area contributed by atoms with Crippen LogP contribution < -0.4 is 5.32 Å². The predicted molar refractivity (Wildman–Crippen MR) is 68.5 cm³/mol. The molecule has 6 heteroatoms. The molecule has 0 aromatic heterocycles. The van der Waals surface area contributed by atoms with Crippen molar-refractivity contribution in [3.63, 3.8) is 0 Å². The van der Waals surface area contributed by atoms with Crippen molar-refractivity contribution in [2.24, 2.45) is 5.41 Å². The summed E-state index contributed by atoms with van der Waals surface area (Å²) in [6.45, 7) is 4.18. The first-order chi connectivity index (χ1) is 8.15. The second-order valence-corrected chi connectivity index (χ2v) is 5.72. The summed E-state index contributed by atoms with van der Waals surface area (Å²) < 4.78 is 37.7. The molecule has 0 aliphatic heterocycles. The number of hydrogen-bond acceptors (Lipinski definition) is 2. The third-order valence-electron chi connectivity index (χ3n) is 2.48. The summed E-state index contributed by atoms with van der Waals surface area (Å²) in [4.78, 5) is 0. The van der Waals surface area contributed by atoms with E-state index in [1.807, 2.05) is 13.8 Å². The first-order valence-electron chi connectivity index (χ1n) is 5.37. The molecule has 1 aromatic rings. The van der Waals surface area contributed by atoms with E-state index >= 15 is 0 Å². The summed E-state index contributed by atoms with van der Waals surface area (Å²) in [6.07, 6.45) is -4.34. The second-order valence-electron chi connectivity index (χ2n) is 4.87. The lowest BCUT2D eigenvalue weighted by Crippen LogP contribution is -2.26. The molecule has 0 fully saturated rings. The molecule has 0 unspecified atom stereocenters. The van der Waals surface area contributed by atoms with Gasteiger partial charge in [0.2, 0.25) is 0 Å². The first-order valence-corrected chi connectivity index (χ1v) is 6.16. The van der Waals surface area contributed by atoms with Gasteiger partial charge in [-0.3, -0.25) is 0 Å². The molecule has 0 atom stereocenters. The fourth-order valence-electron chi connectivity index (χ4n) is 1.23. The van der Waals surface area contributed by atoms with Gasteiger partial charge in [0.25, 0.3) is 0 Å². The Balaban J connectivity index is 2.81. The minimum atomic E-state index is -4.34. The van der Waals surface area contributed by atoms with Gasteiger partial charge in [0.1, 0.15) is 0 Å². The number of rotatable bonds is 4. The fraction of sp³-hybridized carbons (Fsp3) is 0.500. The van der Waals surface area contributed by atoms with Crippen LogP contribution in [0.25, 0.3) is 0 Å². The lowest BCUT2D eigenvalue weighted by atomic mass is 9.95. The quantitative estimate of drug-likeness (QED) is 0.880. The zero-order valence-corrected chi connectivity index (χ0v) is 11.7. The van der Waals surface area contributed by atoms with Gasteiger partial charge in [-0.1, -0.05) is 13.8 Å². The minimum absolute atomic E-state index is 0.00173. The highest BCUT2D eigenvalue weighted by Gasteiger charge is 2.30. The average molecular weight is 326 g/mol. The molecular weight excluding hydrogens is 311 g/mol. The first kappa shape index (κ1) is 15.3. The van der Waals surface area contributed by atoms with Gasteiger partial charge >= 0.3 is 6.18 Å². The Bertz CT molecular complexity index is 418. The molecule has 0 saturated carbocycles. The molecular formula is C12H15BrF3NO. The van der Waals surface area contributed by atoms with Crippen LogP contribution >= 0.6 is 15.9 Å². The molecule has 18 heavy (non-hydrogen) atoms. The third-order valence-corrected chi connectivity index (χ3v) is 3.14. The Labute approximate surface area is 112 Å². The van der Waals surface area contributed by atoms with Crippen molar-refractivity contribution in [2.75, 3.05) is 18.5 Å². The highest BCUT2D eigenvalue weighted by Crippen LogP contribution is 2.34. The highest BCUT2D eigenvalue weighted by molar-refractivity contribution is 9.10. The lowest BCUT2D eigenvalue weighted by molar-refractivity contribution is -0.137. The van der Waals surface area contributed by atoms with Crippen molar-refractivity contribution >= 4 is 21.6 Å². The van der Waals surface area contributed by atoms with Crippen molar-refractivity contribution in [3.05, 3.63) is 28.2 Å². The standard InChI is InChI=1S/C12H15BrF3NO/c1-11(2,7-18)6-17-10-4-3-8(5-9(10)13)12(14,15)16/h3-5,17-18H,6-7H2,1-2H3. The average Bonchev–Trinajstić information content (AvgIpc) is 2.26. The minimum Gasteiger partial charge on any atom is -0.396 e. The van der Waals surface area contributed by atoms with E-state index in [2.05, 4.69) is 21.2 Å².